The molecular weight excluding hydrogens is 350 g/mol. The van der Waals surface area contributed by atoms with Crippen molar-refractivity contribution >= 4 is 28.4 Å². The number of nitrogens with one attached hydrogen (secondary N) is 1. The van der Waals surface area contributed by atoms with Crippen LogP contribution in [0.4, 0.5) is 0 Å². The summed E-state index contributed by atoms with van der Waals surface area (Å²) in [6, 6.07) is 13.0. The molecule has 3 aromatic rings. The molecule has 6 heteroatoms. The summed E-state index contributed by atoms with van der Waals surface area (Å²) in [6.07, 6.45) is 5.09. The molecule has 1 fully saturated rings. The number of amides is 1. The molecule has 0 spiro atoms. The first-order valence-electron chi connectivity index (χ1n) is 8.83. The van der Waals surface area contributed by atoms with Crippen LogP contribution >= 0.6 is 11.6 Å². The van der Waals surface area contributed by atoms with E-state index in [1.807, 2.05) is 29.1 Å². The Balaban J connectivity index is 1.53. The van der Waals surface area contributed by atoms with Gasteiger partial charge in [-0.1, -0.05) is 29.8 Å². The van der Waals surface area contributed by atoms with E-state index in [-0.39, 0.29) is 12.1 Å². The second kappa shape index (κ2) is 7.48. The summed E-state index contributed by atoms with van der Waals surface area (Å²) < 4.78 is 7.81. The molecule has 2 aromatic carbocycles. The Bertz CT molecular complexity index is 932. The maximum Gasteiger partial charge on any atom is 0.251 e. The summed E-state index contributed by atoms with van der Waals surface area (Å²) in [6.45, 7) is 1.21. The predicted molar refractivity (Wildman–Crippen MR) is 101 cm³/mol. The van der Waals surface area contributed by atoms with Gasteiger partial charge in [-0.25, -0.2) is 4.68 Å². The molecule has 1 amide bonds. The van der Waals surface area contributed by atoms with Crippen molar-refractivity contribution in [3.63, 3.8) is 0 Å². The minimum Gasteiger partial charge on any atom is -0.356 e. The lowest BCUT2D eigenvalue weighted by Gasteiger charge is -2.23. The zero-order valence-electron chi connectivity index (χ0n) is 14.3. The van der Waals surface area contributed by atoms with Gasteiger partial charge in [0, 0.05) is 29.1 Å². The molecule has 0 saturated carbocycles. The Labute approximate surface area is 156 Å². The molecule has 1 N–H and O–H groups in total. The van der Waals surface area contributed by atoms with Crippen molar-refractivity contribution in [1.82, 2.24) is 15.1 Å². The standard InChI is InChI=1S/C20H20ClN3O2/c21-16-7-3-5-14(11-16)20(25)22-12-15-6-4-8-18-17(15)13-23-24(18)19-9-1-2-10-26-19/h3-8,11,13,19H,1-2,9-10,12H2,(H,22,25). The lowest BCUT2D eigenvalue weighted by Crippen LogP contribution is -2.22. The van der Waals surface area contributed by atoms with Gasteiger partial charge >= 0.3 is 0 Å². The molecule has 1 aliphatic rings. The molecule has 0 radical (unpaired) electrons. The number of aromatic nitrogens is 2. The zero-order valence-corrected chi connectivity index (χ0v) is 15.1. The van der Waals surface area contributed by atoms with Gasteiger partial charge in [0.15, 0.2) is 6.23 Å². The highest BCUT2D eigenvalue weighted by molar-refractivity contribution is 6.30. The molecule has 2 heterocycles. The van der Waals surface area contributed by atoms with Crippen LogP contribution in [0.3, 0.4) is 0 Å². The summed E-state index contributed by atoms with van der Waals surface area (Å²) in [5.74, 6) is -0.146. The van der Waals surface area contributed by atoms with Crippen molar-refractivity contribution in [2.75, 3.05) is 6.61 Å². The second-order valence-electron chi connectivity index (χ2n) is 6.45. The Morgan fingerprint density at radius 3 is 2.96 bits per heavy atom. The van der Waals surface area contributed by atoms with Gasteiger partial charge in [0.1, 0.15) is 0 Å². The highest BCUT2D eigenvalue weighted by atomic mass is 35.5. The molecular formula is C20H20ClN3O2. The molecule has 134 valence electrons. The smallest absolute Gasteiger partial charge is 0.251 e. The second-order valence-corrected chi connectivity index (χ2v) is 6.89. The number of carbonyl (C=O) groups is 1. The van der Waals surface area contributed by atoms with Crippen molar-refractivity contribution in [2.24, 2.45) is 0 Å². The van der Waals surface area contributed by atoms with Gasteiger partial charge in [0.05, 0.1) is 11.7 Å². The first kappa shape index (κ1) is 17.1. The molecule has 1 atom stereocenters. The van der Waals surface area contributed by atoms with Gasteiger partial charge in [-0.3, -0.25) is 4.79 Å². The molecule has 5 nitrogen and oxygen atoms in total. The Morgan fingerprint density at radius 2 is 2.15 bits per heavy atom. The van der Waals surface area contributed by atoms with Gasteiger partial charge in [-0.15, -0.1) is 0 Å². The van der Waals surface area contributed by atoms with Crippen molar-refractivity contribution in [2.45, 2.75) is 32.0 Å². The highest BCUT2D eigenvalue weighted by Gasteiger charge is 2.19. The molecule has 0 aliphatic carbocycles. The first-order valence-corrected chi connectivity index (χ1v) is 9.20. The van der Waals surface area contributed by atoms with E-state index in [4.69, 9.17) is 16.3 Å². The number of ether oxygens (including phenoxy) is 1. The normalized spacial score (nSPS) is 17.3. The van der Waals surface area contributed by atoms with E-state index in [1.54, 1.807) is 24.3 Å². The minimum absolute atomic E-state index is 0.00227. The van der Waals surface area contributed by atoms with Crippen LogP contribution < -0.4 is 5.32 Å². The topological polar surface area (TPSA) is 56.2 Å². The average molecular weight is 370 g/mol. The summed E-state index contributed by atoms with van der Waals surface area (Å²) in [5, 5.41) is 9.08. The number of halogens is 1. The summed E-state index contributed by atoms with van der Waals surface area (Å²) >= 11 is 5.96. The van der Waals surface area contributed by atoms with Gasteiger partial charge in [-0.2, -0.15) is 5.10 Å². The fourth-order valence-corrected chi connectivity index (χ4v) is 3.53. The van der Waals surface area contributed by atoms with Crippen LogP contribution in [0.15, 0.2) is 48.7 Å². The largest absolute Gasteiger partial charge is 0.356 e. The summed E-state index contributed by atoms with van der Waals surface area (Å²) in [4.78, 5) is 12.3. The molecule has 1 unspecified atom stereocenters. The maximum atomic E-state index is 12.3. The lowest BCUT2D eigenvalue weighted by atomic mass is 10.1. The Hall–Kier alpha value is -2.37. The number of benzene rings is 2. The van der Waals surface area contributed by atoms with E-state index in [1.165, 1.54) is 0 Å². The van der Waals surface area contributed by atoms with Crippen molar-refractivity contribution < 1.29 is 9.53 Å². The van der Waals surface area contributed by atoms with E-state index >= 15 is 0 Å². The van der Waals surface area contributed by atoms with Gasteiger partial charge in [-0.05, 0) is 49.1 Å². The third-order valence-electron chi connectivity index (χ3n) is 4.69. The molecule has 4 rings (SSSR count). The van der Waals surface area contributed by atoms with Crippen molar-refractivity contribution in [3.05, 3.63) is 64.8 Å². The summed E-state index contributed by atoms with van der Waals surface area (Å²) in [7, 11) is 0. The van der Waals surface area contributed by atoms with E-state index in [0.717, 1.165) is 42.3 Å². The van der Waals surface area contributed by atoms with Crippen molar-refractivity contribution in [1.29, 1.82) is 0 Å². The maximum absolute atomic E-state index is 12.3. The van der Waals surface area contributed by atoms with E-state index in [2.05, 4.69) is 10.4 Å². The first-order chi connectivity index (χ1) is 12.7. The van der Waals surface area contributed by atoms with Crippen LogP contribution in [0.1, 0.15) is 41.4 Å². The van der Waals surface area contributed by atoms with Crippen LogP contribution in [0.5, 0.6) is 0 Å². The molecule has 1 aromatic heterocycles. The zero-order chi connectivity index (χ0) is 17.9. The van der Waals surface area contributed by atoms with Crippen LogP contribution in [0.2, 0.25) is 5.02 Å². The molecule has 0 bridgehead atoms. The minimum atomic E-state index is -0.146. The fourth-order valence-electron chi connectivity index (χ4n) is 3.34. The quantitative estimate of drug-likeness (QED) is 0.745. The summed E-state index contributed by atoms with van der Waals surface area (Å²) in [5.41, 5.74) is 2.61. The highest BCUT2D eigenvalue weighted by Crippen LogP contribution is 2.27. The van der Waals surface area contributed by atoms with E-state index in [9.17, 15) is 4.79 Å². The van der Waals surface area contributed by atoms with E-state index in [0.29, 0.717) is 17.1 Å². The number of fused-ring (bicyclic) bond motifs is 1. The van der Waals surface area contributed by atoms with E-state index < -0.39 is 0 Å². The number of hydrogen-bond acceptors (Lipinski definition) is 3. The Morgan fingerprint density at radius 1 is 1.27 bits per heavy atom. The lowest BCUT2D eigenvalue weighted by molar-refractivity contribution is -0.0366. The van der Waals surface area contributed by atoms with Gasteiger partial charge in [0.25, 0.3) is 5.91 Å². The van der Waals surface area contributed by atoms with Gasteiger partial charge < -0.3 is 10.1 Å². The van der Waals surface area contributed by atoms with Crippen LogP contribution in [0, 0.1) is 0 Å². The number of carbonyl (C=O) groups excluding carboxylic acids is 1. The fraction of sp³-hybridized carbons (Fsp3) is 0.300. The SMILES string of the molecule is O=C(NCc1cccc2c1cnn2C1CCCCO1)c1cccc(Cl)c1. The molecule has 1 saturated heterocycles. The van der Waals surface area contributed by atoms with Gasteiger partial charge in [0.2, 0.25) is 0 Å². The number of rotatable bonds is 4. The van der Waals surface area contributed by atoms with Crippen LogP contribution in [-0.4, -0.2) is 22.3 Å². The number of nitrogens with zero attached hydrogens (tertiary/aromatic N) is 2. The Kier molecular flexibility index (Phi) is 4.91. The monoisotopic (exact) mass is 369 g/mol. The predicted octanol–water partition coefficient (Wildman–Crippen LogP) is 4.32. The number of hydrogen-bond donors (Lipinski definition) is 1. The third-order valence-corrected chi connectivity index (χ3v) is 4.92. The van der Waals surface area contributed by atoms with Crippen molar-refractivity contribution in [3.8, 4) is 0 Å². The molecule has 26 heavy (non-hydrogen) atoms. The third kappa shape index (κ3) is 3.45. The van der Waals surface area contributed by atoms with Crippen LogP contribution in [0.25, 0.3) is 10.9 Å². The average Bonchev–Trinajstić information content (AvgIpc) is 3.11. The van der Waals surface area contributed by atoms with Crippen LogP contribution in [-0.2, 0) is 11.3 Å². The molecule has 1 aliphatic heterocycles.